The van der Waals surface area contributed by atoms with E-state index in [4.69, 9.17) is 11.6 Å². The molecule has 0 aliphatic rings. The van der Waals surface area contributed by atoms with E-state index in [9.17, 15) is 0 Å². The van der Waals surface area contributed by atoms with Crippen LogP contribution in [0.15, 0.2) is 35.7 Å². The van der Waals surface area contributed by atoms with Crippen LogP contribution in [-0.2, 0) is 0 Å². The number of hydrogen-bond donors (Lipinski definition) is 1. The van der Waals surface area contributed by atoms with E-state index >= 15 is 0 Å². The van der Waals surface area contributed by atoms with Crippen molar-refractivity contribution in [1.82, 2.24) is 9.97 Å². The number of fused-ring (bicyclic) bond motifs is 1. The summed E-state index contributed by atoms with van der Waals surface area (Å²) in [7, 11) is 0. The Morgan fingerprint density at radius 3 is 2.55 bits per heavy atom. The normalized spacial score (nSPS) is 11.2. The molecule has 2 heterocycles. The zero-order valence-corrected chi connectivity index (χ0v) is 12.8. The van der Waals surface area contributed by atoms with Crippen LogP contribution in [0.5, 0.6) is 0 Å². The van der Waals surface area contributed by atoms with Crippen molar-refractivity contribution in [2.24, 2.45) is 0 Å². The van der Waals surface area contributed by atoms with Crippen molar-refractivity contribution in [2.45, 2.75) is 19.9 Å². The van der Waals surface area contributed by atoms with Gasteiger partial charge in [0, 0.05) is 16.6 Å². The Morgan fingerprint density at radius 1 is 1.10 bits per heavy atom. The molecule has 0 saturated carbocycles. The van der Waals surface area contributed by atoms with Gasteiger partial charge < -0.3 is 5.32 Å². The van der Waals surface area contributed by atoms with E-state index in [0.29, 0.717) is 11.1 Å². The summed E-state index contributed by atoms with van der Waals surface area (Å²) in [6, 6.07) is 9.97. The van der Waals surface area contributed by atoms with Crippen molar-refractivity contribution in [2.75, 3.05) is 5.32 Å². The van der Waals surface area contributed by atoms with Crippen LogP contribution in [0.25, 0.3) is 21.6 Å². The van der Waals surface area contributed by atoms with Gasteiger partial charge in [-0.3, -0.25) is 0 Å². The highest BCUT2D eigenvalue weighted by Gasteiger charge is 2.11. The van der Waals surface area contributed by atoms with Crippen LogP contribution >= 0.6 is 22.9 Å². The number of aromatic nitrogens is 2. The number of benzene rings is 1. The van der Waals surface area contributed by atoms with E-state index in [2.05, 4.69) is 35.2 Å². The van der Waals surface area contributed by atoms with Crippen molar-refractivity contribution in [3.63, 3.8) is 0 Å². The molecule has 0 bridgehead atoms. The molecule has 0 aliphatic heterocycles. The Bertz CT molecular complexity index is 734. The highest BCUT2D eigenvalue weighted by Crippen LogP contribution is 2.29. The number of anilines is 1. The highest BCUT2D eigenvalue weighted by molar-refractivity contribution is 7.16. The van der Waals surface area contributed by atoms with Gasteiger partial charge in [-0.1, -0.05) is 11.6 Å². The van der Waals surface area contributed by atoms with Crippen LogP contribution in [0.1, 0.15) is 13.8 Å². The number of thiophene rings is 1. The molecule has 0 radical (unpaired) electrons. The molecule has 0 atom stereocenters. The molecule has 1 N–H and O–H groups in total. The molecule has 5 heteroatoms. The van der Waals surface area contributed by atoms with Crippen LogP contribution in [0.2, 0.25) is 5.02 Å². The molecule has 0 aliphatic carbocycles. The third-order valence-electron chi connectivity index (χ3n) is 2.85. The number of nitrogens with one attached hydrogen (secondary N) is 1. The quantitative estimate of drug-likeness (QED) is 0.753. The number of nitrogens with zero attached hydrogens (tertiary/aromatic N) is 2. The second-order valence-electron chi connectivity index (χ2n) is 4.84. The lowest BCUT2D eigenvalue weighted by atomic mass is 10.2. The molecule has 20 heavy (non-hydrogen) atoms. The summed E-state index contributed by atoms with van der Waals surface area (Å²) in [6.45, 7) is 4.20. The molecule has 2 aromatic heterocycles. The van der Waals surface area contributed by atoms with E-state index in [1.165, 1.54) is 0 Å². The van der Waals surface area contributed by atoms with Gasteiger partial charge in [-0.05, 0) is 49.6 Å². The highest BCUT2D eigenvalue weighted by atomic mass is 35.5. The van der Waals surface area contributed by atoms with E-state index in [0.717, 1.165) is 27.4 Å². The van der Waals surface area contributed by atoms with Gasteiger partial charge in [-0.25, -0.2) is 9.97 Å². The van der Waals surface area contributed by atoms with Gasteiger partial charge in [-0.2, -0.15) is 0 Å². The molecule has 0 unspecified atom stereocenters. The maximum Gasteiger partial charge on any atom is 0.163 e. The van der Waals surface area contributed by atoms with Crippen molar-refractivity contribution in [3.8, 4) is 11.4 Å². The Kier molecular flexibility index (Phi) is 3.59. The second-order valence-corrected chi connectivity index (χ2v) is 6.17. The van der Waals surface area contributed by atoms with Crippen molar-refractivity contribution < 1.29 is 0 Å². The lowest BCUT2D eigenvalue weighted by Gasteiger charge is -2.11. The molecule has 102 valence electrons. The minimum Gasteiger partial charge on any atom is -0.367 e. The van der Waals surface area contributed by atoms with E-state index in [1.807, 2.05) is 29.6 Å². The summed E-state index contributed by atoms with van der Waals surface area (Å²) < 4.78 is 0. The first-order valence-corrected chi connectivity index (χ1v) is 7.67. The van der Waals surface area contributed by atoms with Gasteiger partial charge in [0.15, 0.2) is 5.82 Å². The van der Waals surface area contributed by atoms with Gasteiger partial charge in [0.1, 0.15) is 10.6 Å². The molecule has 3 aromatic rings. The molecule has 0 fully saturated rings. The molecule has 0 spiro atoms. The van der Waals surface area contributed by atoms with Gasteiger partial charge >= 0.3 is 0 Å². The summed E-state index contributed by atoms with van der Waals surface area (Å²) in [5, 5.41) is 7.21. The largest absolute Gasteiger partial charge is 0.367 e. The Balaban J connectivity index is 2.13. The van der Waals surface area contributed by atoms with Gasteiger partial charge in [0.25, 0.3) is 0 Å². The van der Waals surface area contributed by atoms with Gasteiger partial charge in [0.2, 0.25) is 0 Å². The average Bonchev–Trinajstić information content (AvgIpc) is 2.87. The standard InChI is InChI=1S/C15H14ClN3S/c1-9(2)17-14-12-7-8-20-15(12)19-13(18-14)10-3-5-11(16)6-4-10/h3-9H,1-2H3,(H,17,18,19). The monoisotopic (exact) mass is 303 g/mol. The van der Waals surface area contributed by atoms with Crippen molar-refractivity contribution >= 4 is 39.0 Å². The predicted molar refractivity (Wildman–Crippen MR) is 86.6 cm³/mol. The molecular weight excluding hydrogens is 290 g/mol. The van der Waals surface area contributed by atoms with Crippen LogP contribution in [0.4, 0.5) is 5.82 Å². The SMILES string of the molecule is CC(C)Nc1nc(-c2ccc(Cl)cc2)nc2sccc12. The zero-order valence-electron chi connectivity index (χ0n) is 11.2. The summed E-state index contributed by atoms with van der Waals surface area (Å²) >= 11 is 7.55. The molecule has 3 nitrogen and oxygen atoms in total. The first kappa shape index (κ1) is 13.3. The molecule has 0 saturated heterocycles. The molecule has 1 aromatic carbocycles. The first-order chi connectivity index (χ1) is 9.63. The summed E-state index contributed by atoms with van der Waals surface area (Å²) in [5.74, 6) is 1.61. The number of halogens is 1. The minimum atomic E-state index is 0.325. The fourth-order valence-electron chi connectivity index (χ4n) is 1.97. The van der Waals surface area contributed by atoms with E-state index < -0.39 is 0 Å². The number of hydrogen-bond acceptors (Lipinski definition) is 4. The van der Waals surface area contributed by atoms with Gasteiger partial charge in [-0.15, -0.1) is 11.3 Å². The van der Waals surface area contributed by atoms with E-state index in [1.54, 1.807) is 11.3 Å². The van der Waals surface area contributed by atoms with Crippen molar-refractivity contribution in [3.05, 3.63) is 40.7 Å². The Labute approximate surface area is 126 Å². The van der Waals surface area contributed by atoms with Crippen LogP contribution in [0, 0.1) is 0 Å². The minimum absolute atomic E-state index is 0.325. The second kappa shape index (κ2) is 5.38. The molecule has 0 amide bonds. The Hall–Kier alpha value is -1.65. The first-order valence-electron chi connectivity index (χ1n) is 6.41. The lowest BCUT2D eigenvalue weighted by Crippen LogP contribution is -2.11. The van der Waals surface area contributed by atoms with Gasteiger partial charge in [0.05, 0.1) is 5.39 Å². The zero-order chi connectivity index (χ0) is 14.1. The van der Waals surface area contributed by atoms with Crippen molar-refractivity contribution in [1.29, 1.82) is 0 Å². The van der Waals surface area contributed by atoms with Crippen LogP contribution in [0.3, 0.4) is 0 Å². The topological polar surface area (TPSA) is 37.8 Å². The summed E-state index contributed by atoms with van der Waals surface area (Å²) in [4.78, 5) is 10.3. The van der Waals surface area contributed by atoms with Crippen LogP contribution < -0.4 is 5.32 Å². The number of rotatable bonds is 3. The maximum absolute atomic E-state index is 5.93. The fraction of sp³-hybridized carbons (Fsp3) is 0.200. The third-order valence-corrected chi connectivity index (χ3v) is 3.91. The average molecular weight is 304 g/mol. The fourth-order valence-corrected chi connectivity index (χ4v) is 2.86. The molecule has 3 rings (SSSR count). The maximum atomic E-state index is 5.93. The smallest absolute Gasteiger partial charge is 0.163 e. The van der Waals surface area contributed by atoms with Crippen LogP contribution in [-0.4, -0.2) is 16.0 Å². The summed E-state index contributed by atoms with van der Waals surface area (Å²) in [5.41, 5.74) is 0.969. The van der Waals surface area contributed by atoms with E-state index in [-0.39, 0.29) is 0 Å². The lowest BCUT2D eigenvalue weighted by molar-refractivity contribution is 0.891. The summed E-state index contributed by atoms with van der Waals surface area (Å²) in [6.07, 6.45) is 0. The Morgan fingerprint density at radius 2 is 1.85 bits per heavy atom. The third kappa shape index (κ3) is 2.62. The molecular formula is C15H14ClN3S. The predicted octanol–water partition coefficient (Wildman–Crippen LogP) is 4.83.